The Kier molecular flexibility index (Phi) is 10.7. The van der Waals surface area contributed by atoms with Gasteiger partial charge < -0.3 is 24.1 Å². The first kappa shape index (κ1) is 26.6. The standard InChI is InChI=1S/C11H18O5.C11H16O4/c1-3-15-9(13)11(10(14)16-4-2)6-5-8(12)7-11;1-3-14-9(12)11(7-5-6-8-11)10(13)15-4-2/h8,12H,3-7H2,1-2H3;5-6H,3-4,7-8H2,1-2H3. The highest BCUT2D eigenvalue weighted by Gasteiger charge is 2.53. The van der Waals surface area contributed by atoms with Crippen LogP contribution < -0.4 is 0 Å². The Balaban J connectivity index is 0.000000311. The fourth-order valence-corrected chi connectivity index (χ4v) is 3.62. The molecular weight excluding hydrogens is 408 g/mol. The number of hydrogen-bond acceptors (Lipinski definition) is 9. The van der Waals surface area contributed by atoms with E-state index in [0.717, 1.165) is 0 Å². The maximum Gasteiger partial charge on any atom is 0.324 e. The summed E-state index contributed by atoms with van der Waals surface area (Å²) in [4.78, 5) is 47.0. The fourth-order valence-electron chi connectivity index (χ4n) is 3.62. The monoisotopic (exact) mass is 442 g/mol. The van der Waals surface area contributed by atoms with Crippen LogP contribution in [0.25, 0.3) is 0 Å². The lowest BCUT2D eigenvalue weighted by molar-refractivity contribution is -0.173. The highest BCUT2D eigenvalue weighted by atomic mass is 16.6. The van der Waals surface area contributed by atoms with Crippen LogP contribution in [0.5, 0.6) is 0 Å². The molecule has 0 spiro atoms. The summed E-state index contributed by atoms with van der Waals surface area (Å²) in [7, 11) is 0. The molecule has 9 heteroatoms. The number of hydrogen-bond donors (Lipinski definition) is 1. The molecule has 0 amide bonds. The van der Waals surface area contributed by atoms with Crippen LogP contribution in [0, 0.1) is 10.8 Å². The minimum Gasteiger partial charge on any atom is -0.465 e. The van der Waals surface area contributed by atoms with E-state index < -0.39 is 40.8 Å². The van der Waals surface area contributed by atoms with Gasteiger partial charge in [-0.05, 0) is 53.4 Å². The minimum absolute atomic E-state index is 0.102. The van der Waals surface area contributed by atoms with E-state index in [0.29, 0.717) is 25.7 Å². The van der Waals surface area contributed by atoms with Gasteiger partial charge in [-0.1, -0.05) is 12.2 Å². The molecule has 0 saturated heterocycles. The van der Waals surface area contributed by atoms with Crippen molar-refractivity contribution in [2.45, 2.75) is 65.9 Å². The van der Waals surface area contributed by atoms with Gasteiger partial charge in [0.15, 0.2) is 10.8 Å². The summed E-state index contributed by atoms with van der Waals surface area (Å²) in [6.07, 6.45) is 4.58. The molecular formula is C22H34O9. The first-order valence-corrected chi connectivity index (χ1v) is 10.8. The molecule has 0 radical (unpaired) electrons. The Morgan fingerprint density at radius 3 is 1.39 bits per heavy atom. The summed E-state index contributed by atoms with van der Waals surface area (Å²) >= 11 is 0. The van der Waals surface area contributed by atoms with Crippen LogP contribution in [0.3, 0.4) is 0 Å². The lowest BCUT2D eigenvalue weighted by atomic mass is 9.85. The number of carbonyl (C=O) groups excluding carboxylic acids is 4. The lowest BCUT2D eigenvalue weighted by Crippen LogP contribution is -2.40. The smallest absolute Gasteiger partial charge is 0.324 e. The van der Waals surface area contributed by atoms with E-state index in [1.165, 1.54) is 0 Å². The normalized spacial score (nSPS) is 20.2. The molecule has 1 N–H and O–H groups in total. The van der Waals surface area contributed by atoms with Crippen molar-refractivity contribution in [1.29, 1.82) is 0 Å². The molecule has 0 aromatic heterocycles. The Hall–Kier alpha value is -2.42. The molecule has 9 nitrogen and oxygen atoms in total. The van der Waals surface area contributed by atoms with E-state index >= 15 is 0 Å². The summed E-state index contributed by atoms with van der Waals surface area (Å²) in [6, 6.07) is 0. The second kappa shape index (κ2) is 12.4. The van der Waals surface area contributed by atoms with E-state index in [2.05, 4.69) is 0 Å². The second-order valence-electron chi connectivity index (χ2n) is 7.32. The average molecular weight is 443 g/mol. The van der Waals surface area contributed by atoms with Gasteiger partial charge >= 0.3 is 23.9 Å². The molecule has 2 rings (SSSR count). The first-order chi connectivity index (χ1) is 14.7. The van der Waals surface area contributed by atoms with Crippen LogP contribution >= 0.6 is 0 Å². The van der Waals surface area contributed by atoms with E-state index in [1.807, 2.05) is 12.2 Å². The van der Waals surface area contributed by atoms with Crippen LogP contribution in [0.2, 0.25) is 0 Å². The van der Waals surface area contributed by atoms with Crippen molar-refractivity contribution in [3.05, 3.63) is 12.2 Å². The van der Waals surface area contributed by atoms with Crippen LogP contribution in [-0.2, 0) is 38.1 Å². The van der Waals surface area contributed by atoms with Crippen LogP contribution in [0.15, 0.2) is 12.2 Å². The van der Waals surface area contributed by atoms with Crippen molar-refractivity contribution >= 4 is 23.9 Å². The second-order valence-corrected chi connectivity index (χ2v) is 7.32. The predicted octanol–water partition coefficient (Wildman–Crippen LogP) is 2.09. The summed E-state index contributed by atoms with van der Waals surface area (Å²) < 4.78 is 19.6. The average Bonchev–Trinajstić information content (AvgIpc) is 3.38. The van der Waals surface area contributed by atoms with Gasteiger partial charge in [0, 0.05) is 6.42 Å². The number of allylic oxidation sites excluding steroid dienone is 2. The van der Waals surface area contributed by atoms with Crippen LogP contribution in [0.4, 0.5) is 0 Å². The highest BCUT2D eigenvalue weighted by molar-refractivity contribution is 6.01. The molecule has 0 aromatic rings. The Morgan fingerprint density at radius 1 is 0.742 bits per heavy atom. The van der Waals surface area contributed by atoms with Crippen molar-refractivity contribution in [3.63, 3.8) is 0 Å². The topological polar surface area (TPSA) is 125 Å². The lowest BCUT2D eigenvalue weighted by Gasteiger charge is -2.23. The molecule has 0 aliphatic heterocycles. The van der Waals surface area contributed by atoms with Gasteiger partial charge in [-0.3, -0.25) is 19.2 Å². The maximum atomic E-state index is 11.8. The SMILES string of the molecule is CCOC(=O)C1(C(=O)OCC)CC=CC1.CCOC(=O)C1(C(=O)OCC)CCC(O)C1. The van der Waals surface area contributed by atoms with Crippen molar-refractivity contribution in [2.75, 3.05) is 26.4 Å². The number of aliphatic hydroxyl groups is 1. The maximum absolute atomic E-state index is 11.8. The molecule has 1 unspecified atom stereocenters. The molecule has 1 saturated carbocycles. The van der Waals surface area contributed by atoms with Crippen molar-refractivity contribution in [1.82, 2.24) is 0 Å². The molecule has 1 atom stereocenters. The van der Waals surface area contributed by atoms with Crippen molar-refractivity contribution in [2.24, 2.45) is 10.8 Å². The molecule has 0 aromatic carbocycles. The summed E-state index contributed by atoms with van der Waals surface area (Å²) in [5.74, 6) is -2.11. The third-order valence-corrected chi connectivity index (χ3v) is 5.25. The van der Waals surface area contributed by atoms with E-state index in [9.17, 15) is 24.3 Å². The Morgan fingerprint density at radius 2 is 1.10 bits per heavy atom. The van der Waals surface area contributed by atoms with Crippen molar-refractivity contribution < 1.29 is 43.2 Å². The molecule has 31 heavy (non-hydrogen) atoms. The fraction of sp³-hybridized carbons (Fsp3) is 0.727. The number of aliphatic hydroxyl groups excluding tert-OH is 1. The molecule has 1 fully saturated rings. The third-order valence-electron chi connectivity index (χ3n) is 5.25. The zero-order chi connectivity index (χ0) is 23.5. The summed E-state index contributed by atoms with van der Waals surface area (Å²) in [6.45, 7) is 7.80. The molecule has 0 heterocycles. The van der Waals surface area contributed by atoms with E-state index in [4.69, 9.17) is 18.9 Å². The van der Waals surface area contributed by atoms with Gasteiger partial charge in [-0.2, -0.15) is 0 Å². The van der Waals surface area contributed by atoms with Gasteiger partial charge in [0.2, 0.25) is 0 Å². The van der Waals surface area contributed by atoms with Crippen LogP contribution in [-0.4, -0.2) is 61.5 Å². The van der Waals surface area contributed by atoms with E-state index in [-0.39, 0.29) is 32.8 Å². The number of rotatable bonds is 8. The Labute approximate surface area is 183 Å². The third kappa shape index (κ3) is 6.29. The summed E-state index contributed by atoms with van der Waals surface area (Å²) in [5, 5.41) is 9.48. The highest BCUT2D eigenvalue weighted by Crippen LogP contribution is 2.40. The van der Waals surface area contributed by atoms with Crippen molar-refractivity contribution in [3.8, 4) is 0 Å². The molecule has 0 bridgehead atoms. The first-order valence-electron chi connectivity index (χ1n) is 10.8. The van der Waals surface area contributed by atoms with Gasteiger partial charge in [0.25, 0.3) is 0 Å². The quantitative estimate of drug-likeness (QED) is 0.260. The predicted molar refractivity (Wildman–Crippen MR) is 110 cm³/mol. The van der Waals surface area contributed by atoms with Crippen LogP contribution in [0.1, 0.15) is 59.8 Å². The largest absolute Gasteiger partial charge is 0.465 e. The van der Waals surface area contributed by atoms with Gasteiger partial charge in [-0.25, -0.2) is 0 Å². The summed E-state index contributed by atoms with van der Waals surface area (Å²) in [5.41, 5.74) is -2.41. The Bertz CT molecular complexity index is 622. The zero-order valence-corrected chi connectivity index (χ0v) is 18.8. The number of esters is 4. The number of carbonyl (C=O) groups is 4. The van der Waals surface area contributed by atoms with E-state index in [1.54, 1.807) is 27.7 Å². The number of ether oxygens (including phenoxy) is 4. The molecule has 2 aliphatic carbocycles. The molecule has 176 valence electrons. The van der Waals surface area contributed by atoms with Gasteiger partial charge in [0.1, 0.15) is 0 Å². The minimum atomic E-state index is -1.29. The molecule has 2 aliphatic rings. The zero-order valence-electron chi connectivity index (χ0n) is 18.8. The van der Waals surface area contributed by atoms with Gasteiger partial charge in [0.05, 0.1) is 32.5 Å². The van der Waals surface area contributed by atoms with Gasteiger partial charge in [-0.15, -0.1) is 0 Å².